The van der Waals surface area contributed by atoms with Gasteiger partial charge in [0, 0.05) is 0 Å². The SMILES string of the molecule is S=P([C]#[W])(c1ccccc1)c1ccccc1. The molecule has 0 fully saturated rings. The van der Waals surface area contributed by atoms with Crippen LogP contribution in [0.2, 0.25) is 0 Å². The predicted octanol–water partition coefficient (Wildman–Crippen LogP) is 2.58. The van der Waals surface area contributed by atoms with Gasteiger partial charge in [-0.25, -0.2) is 0 Å². The monoisotopic (exact) mass is 413 g/mol. The molecule has 0 spiro atoms. The van der Waals surface area contributed by atoms with E-state index in [4.69, 9.17) is 11.8 Å². The summed E-state index contributed by atoms with van der Waals surface area (Å²) in [7, 11) is 0. The van der Waals surface area contributed by atoms with Gasteiger partial charge in [-0.1, -0.05) is 0 Å². The third kappa shape index (κ3) is 2.29. The molecule has 0 unspecified atom stereocenters. The Morgan fingerprint density at radius 3 is 1.50 bits per heavy atom. The zero-order chi connectivity index (χ0) is 11.4. The van der Waals surface area contributed by atoms with E-state index >= 15 is 0 Å². The van der Waals surface area contributed by atoms with E-state index in [1.807, 2.05) is 36.4 Å². The Morgan fingerprint density at radius 2 is 1.19 bits per heavy atom. The quantitative estimate of drug-likeness (QED) is 0.683. The Bertz CT molecular complexity index is 514. The van der Waals surface area contributed by atoms with E-state index in [-0.39, 0.29) is 0 Å². The summed E-state index contributed by atoms with van der Waals surface area (Å²) in [5, 5.41) is 2.46. The van der Waals surface area contributed by atoms with Gasteiger partial charge in [-0.2, -0.15) is 0 Å². The number of benzene rings is 2. The van der Waals surface area contributed by atoms with E-state index in [2.05, 4.69) is 28.2 Å². The number of hydrogen-bond donors (Lipinski definition) is 0. The van der Waals surface area contributed by atoms with Gasteiger partial charge < -0.3 is 0 Å². The average molecular weight is 413 g/mol. The van der Waals surface area contributed by atoms with Crippen LogP contribution >= 0.6 is 6.04 Å². The summed E-state index contributed by atoms with van der Waals surface area (Å²) in [6.45, 7) is 0. The van der Waals surface area contributed by atoms with Crippen LogP contribution in [-0.4, -0.2) is 0 Å². The Morgan fingerprint density at radius 1 is 0.812 bits per heavy atom. The van der Waals surface area contributed by atoms with Crippen LogP contribution in [0, 0.1) is 3.94 Å². The van der Waals surface area contributed by atoms with Gasteiger partial charge in [0.25, 0.3) is 0 Å². The molecule has 0 saturated carbocycles. The molecular weight excluding hydrogens is 403 g/mol. The molecule has 16 heavy (non-hydrogen) atoms. The summed E-state index contributed by atoms with van der Waals surface area (Å²) in [5.41, 5.74) is 0. The minimum atomic E-state index is -1.78. The van der Waals surface area contributed by atoms with E-state index in [0.29, 0.717) is 0 Å². The molecule has 0 aliphatic carbocycles. The van der Waals surface area contributed by atoms with Crippen LogP contribution in [0.4, 0.5) is 0 Å². The van der Waals surface area contributed by atoms with Crippen LogP contribution in [0.3, 0.4) is 0 Å². The van der Waals surface area contributed by atoms with Gasteiger partial charge >= 0.3 is 112 Å². The van der Waals surface area contributed by atoms with Crippen LogP contribution in [0.1, 0.15) is 0 Å². The van der Waals surface area contributed by atoms with Crippen LogP contribution < -0.4 is 10.6 Å². The molecule has 0 radical (unpaired) electrons. The van der Waals surface area contributed by atoms with E-state index in [1.165, 1.54) is 29.8 Å². The zero-order valence-corrected chi connectivity index (χ0v) is 13.2. The fourth-order valence-corrected chi connectivity index (χ4v) is 6.23. The van der Waals surface area contributed by atoms with Gasteiger partial charge in [0.2, 0.25) is 0 Å². The molecule has 0 amide bonds. The fraction of sp³-hybridized carbons (Fsp3) is 0. The molecule has 0 aromatic heterocycles. The van der Waals surface area contributed by atoms with Gasteiger partial charge in [0.1, 0.15) is 0 Å². The third-order valence-corrected chi connectivity index (χ3v) is 10.5. The van der Waals surface area contributed by atoms with E-state index in [9.17, 15) is 0 Å². The summed E-state index contributed by atoms with van der Waals surface area (Å²) in [4.78, 5) is 0. The van der Waals surface area contributed by atoms with Crippen LogP contribution in [-0.2, 0) is 31.0 Å². The Kier molecular flexibility index (Phi) is 3.95. The van der Waals surface area contributed by atoms with Gasteiger partial charge in [-0.05, 0) is 0 Å². The molecule has 2 aromatic carbocycles. The molecule has 0 aliphatic rings. The second-order valence-corrected chi connectivity index (χ2v) is 9.42. The van der Waals surface area contributed by atoms with E-state index in [1.54, 1.807) is 0 Å². The molecule has 2 rings (SSSR count). The Hall–Kier alpha value is -0.442. The molecule has 79 valence electrons. The van der Waals surface area contributed by atoms with Crippen molar-refractivity contribution in [1.82, 2.24) is 0 Å². The van der Waals surface area contributed by atoms with Crippen molar-refractivity contribution in [2.75, 3.05) is 0 Å². The van der Waals surface area contributed by atoms with Gasteiger partial charge in [-0.15, -0.1) is 0 Å². The first-order chi connectivity index (χ1) is 7.77. The van der Waals surface area contributed by atoms with Crippen molar-refractivity contribution in [1.29, 1.82) is 0 Å². The van der Waals surface area contributed by atoms with Crippen molar-refractivity contribution < 1.29 is 19.2 Å². The van der Waals surface area contributed by atoms with Crippen molar-refractivity contribution in [3.63, 3.8) is 0 Å². The summed E-state index contributed by atoms with van der Waals surface area (Å²) in [6.07, 6.45) is 0. The molecular formula is C13H10PSW. The number of hydrogen-bond acceptors (Lipinski definition) is 1. The summed E-state index contributed by atoms with van der Waals surface area (Å²) in [6, 6.07) is 18.9. The van der Waals surface area contributed by atoms with Crippen LogP contribution in [0.15, 0.2) is 60.7 Å². The maximum atomic E-state index is 5.86. The topological polar surface area (TPSA) is 0 Å². The molecule has 0 nitrogen and oxygen atoms in total. The van der Waals surface area contributed by atoms with Crippen LogP contribution in [0.5, 0.6) is 0 Å². The molecule has 0 N–H and O–H groups in total. The van der Waals surface area contributed by atoms with Gasteiger partial charge in [-0.3, -0.25) is 0 Å². The number of rotatable bonds is 2. The molecule has 2 aromatic rings. The third-order valence-electron chi connectivity index (χ3n) is 2.37. The van der Waals surface area contributed by atoms with Gasteiger partial charge in [0.15, 0.2) is 0 Å². The molecule has 0 saturated heterocycles. The molecule has 0 atom stereocenters. The van der Waals surface area contributed by atoms with Gasteiger partial charge in [0.05, 0.1) is 0 Å². The van der Waals surface area contributed by atoms with Crippen molar-refractivity contribution in [2.24, 2.45) is 0 Å². The maximum absolute atomic E-state index is 5.86. The first kappa shape index (κ1) is 12.0. The molecule has 0 heterocycles. The normalized spacial score (nSPS) is 10.7. The van der Waals surface area contributed by atoms with Crippen molar-refractivity contribution in [3.8, 4) is 3.94 Å². The molecule has 0 bridgehead atoms. The standard InChI is InChI=1S/C13H10PS.W/c1-14(15,12-8-4-2-5-9-12)13-10-6-3-7-11-13;/h2-11H;. The Balaban J connectivity index is 2.60. The first-order valence-corrected chi connectivity index (χ1v) is 9.15. The van der Waals surface area contributed by atoms with E-state index in [0.717, 1.165) is 0 Å². The summed E-state index contributed by atoms with van der Waals surface area (Å²) >= 11 is 7.18. The second kappa shape index (κ2) is 5.26. The fourth-order valence-electron chi connectivity index (χ4n) is 1.53. The minimum absolute atomic E-state index is 1.23. The van der Waals surface area contributed by atoms with Crippen LogP contribution in [0.25, 0.3) is 0 Å². The second-order valence-electron chi connectivity index (χ2n) is 3.37. The van der Waals surface area contributed by atoms with Crippen molar-refractivity contribution in [3.05, 3.63) is 60.7 Å². The predicted molar refractivity (Wildman–Crippen MR) is 70.3 cm³/mol. The zero-order valence-electron chi connectivity index (χ0n) is 8.54. The molecule has 0 aliphatic heterocycles. The van der Waals surface area contributed by atoms with E-state index < -0.39 is 6.04 Å². The van der Waals surface area contributed by atoms with Crippen molar-refractivity contribution >= 4 is 28.5 Å². The molecule has 3 heteroatoms. The first-order valence-electron chi connectivity index (χ1n) is 4.88. The Labute approximate surface area is 112 Å². The summed E-state index contributed by atoms with van der Waals surface area (Å²) in [5.74, 6) is 0. The van der Waals surface area contributed by atoms with Crippen molar-refractivity contribution in [2.45, 2.75) is 0 Å². The summed E-state index contributed by atoms with van der Waals surface area (Å²) < 4.78 is 3.42. The average Bonchev–Trinajstić information content (AvgIpc) is 2.40.